The average Bonchev–Trinajstić information content (AvgIpc) is 2.67. The number of hydrogen-bond acceptors (Lipinski definition) is 1. The fourth-order valence-electron chi connectivity index (χ4n) is 4.41. The molecule has 3 aromatic rings. The van der Waals surface area contributed by atoms with Gasteiger partial charge in [-0.25, -0.2) is 4.39 Å². The summed E-state index contributed by atoms with van der Waals surface area (Å²) in [4.78, 5) is 0. The lowest BCUT2D eigenvalue weighted by molar-refractivity contribution is 0.478. The molecule has 32 heavy (non-hydrogen) atoms. The van der Waals surface area contributed by atoms with Gasteiger partial charge in [0.05, 0.1) is 0 Å². The zero-order valence-corrected chi connectivity index (χ0v) is 18.9. The van der Waals surface area contributed by atoms with E-state index in [0.29, 0.717) is 6.42 Å². The molecule has 0 bridgehead atoms. The molecule has 0 saturated heterocycles. The van der Waals surface area contributed by atoms with Crippen LogP contribution in [0.4, 0.5) is 4.39 Å². The van der Waals surface area contributed by atoms with Crippen molar-refractivity contribution in [1.82, 2.24) is 0 Å². The highest BCUT2D eigenvalue weighted by Crippen LogP contribution is 2.45. The van der Waals surface area contributed by atoms with Crippen LogP contribution < -0.4 is 0 Å². The fourth-order valence-corrected chi connectivity index (χ4v) is 4.41. The first-order valence-corrected chi connectivity index (χ1v) is 10.7. The SMILES string of the molecule is C.Cc1cccc(/C=C2\Cc3ccc(F)cc3-c3ccc(C)c(/C(O)=C\C(C)(C)C)c32)c1. The Balaban J connectivity index is 0.00000289. The van der Waals surface area contributed by atoms with Gasteiger partial charge in [0, 0.05) is 5.56 Å². The molecule has 0 unspecified atom stereocenters. The number of benzene rings is 3. The number of fused-ring (bicyclic) bond motifs is 3. The third-order valence-corrected chi connectivity index (χ3v) is 5.69. The van der Waals surface area contributed by atoms with Crippen LogP contribution >= 0.6 is 0 Å². The van der Waals surface area contributed by atoms with E-state index in [1.807, 2.05) is 25.1 Å². The number of rotatable bonds is 2. The largest absolute Gasteiger partial charge is 0.508 e. The third kappa shape index (κ3) is 4.70. The van der Waals surface area contributed by atoms with Crippen molar-refractivity contribution in [1.29, 1.82) is 0 Å². The van der Waals surface area contributed by atoms with E-state index in [-0.39, 0.29) is 24.4 Å². The van der Waals surface area contributed by atoms with E-state index in [0.717, 1.165) is 44.5 Å². The van der Waals surface area contributed by atoms with Gasteiger partial charge in [-0.15, -0.1) is 0 Å². The van der Waals surface area contributed by atoms with Gasteiger partial charge >= 0.3 is 0 Å². The minimum Gasteiger partial charge on any atom is -0.508 e. The van der Waals surface area contributed by atoms with E-state index < -0.39 is 0 Å². The Morgan fingerprint density at radius 2 is 1.72 bits per heavy atom. The van der Waals surface area contributed by atoms with E-state index in [4.69, 9.17) is 0 Å². The Morgan fingerprint density at radius 3 is 2.41 bits per heavy atom. The molecule has 0 aliphatic heterocycles. The molecular formula is C30H33FO. The van der Waals surface area contributed by atoms with Gasteiger partial charge in [-0.1, -0.05) is 82.3 Å². The summed E-state index contributed by atoms with van der Waals surface area (Å²) < 4.78 is 14.2. The standard InChI is InChI=1S/C29H29FO.CH4/c1-18-7-6-8-20(13-18)14-22-15-21-10-11-23(30)16-25(21)24-12-9-19(2)27(28(22)24)26(31)17-29(3,4)5;/h6-14,16-17,31H,15H2,1-5H3;1H4/b22-14+,26-17+;. The normalized spacial score (nSPS) is 14.6. The summed E-state index contributed by atoms with van der Waals surface area (Å²) in [6.45, 7) is 10.3. The van der Waals surface area contributed by atoms with Gasteiger partial charge in [0.2, 0.25) is 0 Å². The van der Waals surface area contributed by atoms with Crippen molar-refractivity contribution in [3.63, 3.8) is 0 Å². The molecule has 0 radical (unpaired) electrons. The van der Waals surface area contributed by atoms with E-state index in [1.165, 1.54) is 11.6 Å². The van der Waals surface area contributed by atoms with E-state index in [9.17, 15) is 9.50 Å². The third-order valence-electron chi connectivity index (χ3n) is 5.69. The lowest BCUT2D eigenvalue weighted by Gasteiger charge is -2.27. The molecule has 1 N–H and O–H groups in total. The van der Waals surface area contributed by atoms with Crippen LogP contribution in [0, 0.1) is 25.1 Å². The second-order valence-corrected chi connectivity index (χ2v) is 9.64. The van der Waals surface area contributed by atoms with E-state index in [2.05, 4.69) is 64.1 Å². The maximum absolute atomic E-state index is 14.2. The smallest absolute Gasteiger partial charge is 0.123 e. The number of aryl methyl sites for hydroxylation is 2. The van der Waals surface area contributed by atoms with Crippen LogP contribution in [0.1, 0.15) is 61.6 Å². The maximum atomic E-state index is 14.2. The highest BCUT2D eigenvalue weighted by molar-refractivity contribution is 5.99. The van der Waals surface area contributed by atoms with Crippen molar-refractivity contribution in [2.45, 2.75) is 48.5 Å². The van der Waals surface area contributed by atoms with Crippen molar-refractivity contribution < 1.29 is 9.50 Å². The first-order chi connectivity index (χ1) is 14.6. The lowest BCUT2D eigenvalue weighted by atomic mass is 9.77. The van der Waals surface area contributed by atoms with Crippen LogP contribution in [0.15, 0.2) is 60.7 Å². The number of halogens is 1. The molecule has 0 saturated carbocycles. The second-order valence-electron chi connectivity index (χ2n) is 9.64. The quantitative estimate of drug-likeness (QED) is 0.404. The molecular weight excluding hydrogens is 395 g/mol. The fraction of sp³-hybridized carbons (Fsp3) is 0.267. The molecule has 166 valence electrons. The van der Waals surface area contributed by atoms with E-state index >= 15 is 0 Å². The van der Waals surface area contributed by atoms with Crippen LogP contribution in [0.2, 0.25) is 0 Å². The number of hydrogen-bond donors (Lipinski definition) is 1. The average molecular weight is 429 g/mol. The van der Waals surface area contributed by atoms with Crippen molar-refractivity contribution in [3.05, 3.63) is 99.9 Å². The Bertz CT molecular complexity index is 1220. The Labute approximate surface area is 192 Å². The van der Waals surface area contributed by atoms with Gasteiger partial charge < -0.3 is 5.11 Å². The Hall–Kier alpha value is -3.13. The van der Waals surface area contributed by atoms with Crippen molar-refractivity contribution in [2.75, 3.05) is 0 Å². The first-order valence-electron chi connectivity index (χ1n) is 10.7. The van der Waals surface area contributed by atoms with Crippen LogP contribution in [0.25, 0.3) is 28.5 Å². The van der Waals surface area contributed by atoms with Gasteiger partial charge in [-0.2, -0.15) is 0 Å². The second kappa shape index (κ2) is 8.78. The summed E-state index contributed by atoms with van der Waals surface area (Å²) in [6, 6.07) is 17.5. The zero-order valence-electron chi connectivity index (χ0n) is 18.9. The highest BCUT2D eigenvalue weighted by atomic mass is 19.1. The number of aliphatic hydroxyl groups excluding tert-OH is 1. The molecule has 0 atom stereocenters. The zero-order chi connectivity index (χ0) is 22.3. The van der Waals surface area contributed by atoms with Gasteiger partial charge in [0.1, 0.15) is 11.6 Å². The van der Waals surface area contributed by atoms with Crippen LogP contribution in [-0.2, 0) is 6.42 Å². The molecule has 2 heteroatoms. The van der Waals surface area contributed by atoms with Gasteiger partial charge in [-0.3, -0.25) is 0 Å². The van der Waals surface area contributed by atoms with Crippen LogP contribution in [0.5, 0.6) is 0 Å². The maximum Gasteiger partial charge on any atom is 0.123 e. The minimum absolute atomic E-state index is 0. The molecule has 0 heterocycles. The van der Waals surface area contributed by atoms with Crippen molar-refractivity contribution >= 4 is 17.4 Å². The van der Waals surface area contributed by atoms with Gasteiger partial charge in [-0.05, 0) is 82.8 Å². The van der Waals surface area contributed by atoms with Gasteiger partial charge in [0.15, 0.2) is 0 Å². The van der Waals surface area contributed by atoms with Crippen LogP contribution in [0.3, 0.4) is 0 Å². The van der Waals surface area contributed by atoms with Crippen LogP contribution in [-0.4, -0.2) is 5.11 Å². The first kappa shape index (κ1) is 23.5. The molecule has 3 aromatic carbocycles. The monoisotopic (exact) mass is 428 g/mol. The predicted molar refractivity (Wildman–Crippen MR) is 136 cm³/mol. The molecule has 0 spiro atoms. The molecule has 4 rings (SSSR count). The molecule has 0 fully saturated rings. The lowest BCUT2D eigenvalue weighted by Crippen LogP contribution is -2.10. The Kier molecular flexibility index (Phi) is 6.46. The summed E-state index contributed by atoms with van der Waals surface area (Å²) in [5, 5.41) is 11.2. The number of allylic oxidation sites excluding steroid dienone is 2. The van der Waals surface area contributed by atoms with Crippen molar-refractivity contribution in [2.24, 2.45) is 5.41 Å². The number of aliphatic hydroxyl groups is 1. The highest BCUT2D eigenvalue weighted by Gasteiger charge is 2.26. The molecule has 1 nitrogen and oxygen atoms in total. The molecule has 0 amide bonds. The molecule has 1 aliphatic carbocycles. The molecule has 1 aliphatic rings. The van der Waals surface area contributed by atoms with E-state index in [1.54, 1.807) is 6.07 Å². The summed E-state index contributed by atoms with van der Waals surface area (Å²) >= 11 is 0. The summed E-state index contributed by atoms with van der Waals surface area (Å²) in [5.74, 6) is 0.0317. The minimum atomic E-state index is -0.243. The van der Waals surface area contributed by atoms with Gasteiger partial charge in [0.25, 0.3) is 0 Å². The van der Waals surface area contributed by atoms with Crippen molar-refractivity contribution in [3.8, 4) is 11.1 Å². The summed E-state index contributed by atoms with van der Waals surface area (Å²) in [7, 11) is 0. The Morgan fingerprint density at radius 1 is 0.969 bits per heavy atom. The summed E-state index contributed by atoms with van der Waals surface area (Å²) in [6.07, 6.45) is 4.79. The topological polar surface area (TPSA) is 20.2 Å². The molecule has 0 aromatic heterocycles. The summed E-state index contributed by atoms with van der Waals surface area (Å²) in [5.41, 5.74) is 9.10. The predicted octanol–water partition coefficient (Wildman–Crippen LogP) is 8.79.